The molecule has 2 aromatic rings. The molecule has 1 aliphatic heterocycles. The standard InChI is InChI=1S/C23H27BrN2O4/c1-15(2)25-23(28)16(3)26(13-18-4-8-19(24)9-5-18)22(27)11-7-17-6-10-20-21(12-17)30-14-29-20/h4-6,8-10,12,15-16H,7,11,13-14H2,1-3H3,(H,25,28)/t16-/m1/s1. The molecule has 0 radical (unpaired) electrons. The van der Waals surface area contributed by atoms with Crippen molar-refractivity contribution in [2.24, 2.45) is 0 Å². The summed E-state index contributed by atoms with van der Waals surface area (Å²) >= 11 is 3.43. The Balaban J connectivity index is 1.71. The van der Waals surface area contributed by atoms with Gasteiger partial charge in [0.1, 0.15) is 6.04 Å². The van der Waals surface area contributed by atoms with Crippen molar-refractivity contribution >= 4 is 27.7 Å². The molecule has 6 nitrogen and oxygen atoms in total. The average Bonchev–Trinajstić information content (AvgIpc) is 3.18. The summed E-state index contributed by atoms with van der Waals surface area (Å²) in [6, 6.07) is 12.9. The third-order valence-electron chi connectivity index (χ3n) is 4.93. The van der Waals surface area contributed by atoms with Gasteiger partial charge in [0.25, 0.3) is 0 Å². The van der Waals surface area contributed by atoms with Crippen LogP contribution in [0.15, 0.2) is 46.9 Å². The highest BCUT2D eigenvalue weighted by atomic mass is 79.9. The van der Waals surface area contributed by atoms with E-state index < -0.39 is 6.04 Å². The van der Waals surface area contributed by atoms with Crippen LogP contribution in [-0.2, 0) is 22.6 Å². The monoisotopic (exact) mass is 474 g/mol. The quantitative estimate of drug-likeness (QED) is 0.626. The summed E-state index contributed by atoms with van der Waals surface area (Å²) in [5, 5.41) is 2.90. The maximum Gasteiger partial charge on any atom is 0.242 e. The number of hydrogen-bond donors (Lipinski definition) is 1. The highest BCUT2D eigenvalue weighted by molar-refractivity contribution is 9.10. The predicted molar refractivity (Wildman–Crippen MR) is 118 cm³/mol. The molecular weight excluding hydrogens is 448 g/mol. The fourth-order valence-corrected chi connectivity index (χ4v) is 3.53. The number of aryl methyl sites for hydroxylation is 1. The van der Waals surface area contributed by atoms with Crippen molar-refractivity contribution in [2.45, 2.75) is 52.2 Å². The molecule has 3 rings (SSSR count). The Hall–Kier alpha value is -2.54. The first-order valence-corrected chi connectivity index (χ1v) is 10.9. The number of ether oxygens (including phenoxy) is 2. The molecule has 0 aliphatic carbocycles. The summed E-state index contributed by atoms with van der Waals surface area (Å²) in [6.07, 6.45) is 0.861. The molecule has 0 spiro atoms. The molecule has 1 heterocycles. The Bertz CT molecular complexity index is 899. The lowest BCUT2D eigenvalue weighted by molar-refractivity contribution is -0.140. The van der Waals surface area contributed by atoms with E-state index in [1.54, 1.807) is 11.8 Å². The maximum absolute atomic E-state index is 13.1. The topological polar surface area (TPSA) is 67.9 Å². The van der Waals surface area contributed by atoms with Crippen molar-refractivity contribution in [1.29, 1.82) is 0 Å². The molecule has 0 saturated carbocycles. The van der Waals surface area contributed by atoms with Crippen LogP contribution in [0, 0.1) is 0 Å². The molecule has 0 unspecified atom stereocenters. The van der Waals surface area contributed by atoms with E-state index in [2.05, 4.69) is 21.2 Å². The molecular formula is C23H27BrN2O4. The first kappa shape index (κ1) is 22.2. The van der Waals surface area contributed by atoms with Crippen LogP contribution >= 0.6 is 15.9 Å². The van der Waals surface area contributed by atoms with E-state index in [1.165, 1.54) is 0 Å². The van der Waals surface area contributed by atoms with E-state index in [9.17, 15) is 9.59 Å². The third-order valence-corrected chi connectivity index (χ3v) is 5.46. The zero-order chi connectivity index (χ0) is 21.7. The largest absolute Gasteiger partial charge is 0.454 e. The van der Waals surface area contributed by atoms with Crippen molar-refractivity contribution in [3.63, 3.8) is 0 Å². The van der Waals surface area contributed by atoms with E-state index in [0.717, 1.165) is 21.3 Å². The molecule has 1 atom stereocenters. The van der Waals surface area contributed by atoms with Gasteiger partial charge in [0, 0.05) is 23.5 Å². The molecule has 2 aromatic carbocycles. The van der Waals surface area contributed by atoms with Crippen LogP contribution in [0.2, 0.25) is 0 Å². The molecule has 0 bridgehead atoms. The first-order chi connectivity index (χ1) is 14.3. The molecule has 30 heavy (non-hydrogen) atoms. The lowest BCUT2D eigenvalue weighted by atomic mass is 10.1. The van der Waals surface area contributed by atoms with Gasteiger partial charge >= 0.3 is 0 Å². The van der Waals surface area contributed by atoms with Gasteiger partial charge in [-0.2, -0.15) is 0 Å². The lowest BCUT2D eigenvalue weighted by Gasteiger charge is -2.29. The average molecular weight is 475 g/mol. The second-order valence-electron chi connectivity index (χ2n) is 7.67. The van der Waals surface area contributed by atoms with Gasteiger partial charge in [0.05, 0.1) is 0 Å². The second-order valence-corrected chi connectivity index (χ2v) is 8.59. The van der Waals surface area contributed by atoms with E-state index in [-0.39, 0.29) is 24.6 Å². The maximum atomic E-state index is 13.1. The normalized spacial score (nSPS) is 13.2. The summed E-state index contributed by atoms with van der Waals surface area (Å²) in [5.41, 5.74) is 1.97. The van der Waals surface area contributed by atoms with Crippen molar-refractivity contribution < 1.29 is 19.1 Å². The van der Waals surface area contributed by atoms with Crippen LogP contribution in [0.4, 0.5) is 0 Å². The van der Waals surface area contributed by atoms with Crippen molar-refractivity contribution in [1.82, 2.24) is 10.2 Å². The van der Waals surface area contributed by atoms with Gasteiger partial charge in [-0.15, -0.1) is 0 Å². The molecule has 7 heteroatoms. The van der Waals surface area contributed by atoms with Gasteiger partial charge in [-0.05, 0) is 62.6 Å². The lowest BCUT2D eigenvalue weighted by Crippen LogP contribution is -2.49. The number of nitrogens with zero attached hydrogens (tertiary/aromatic N) is 1. The van der Waals surface area contributed by atoms with E-state index in [4.69, 9.17) is 9.47 Å². The molecule has 1 aliphatic rings. The Morgan fingerprint density at radius 1 is 1.03 bits per heavy atom. The smallest absolute Gasteiger partial charge is 0.242 e. The van der Waals surface area contributed by atoms with Crippen molar-refractivity contribution in [2.75, 3.05) is 6.79 Å². The van der Waals surface area contributed by atoms with Crippen molar-refractivity contribution in [3.05, 3.63) is 58.1 Å². The van der Waals surface area contributed by atoms with E-state index in [0.29, 0.717) is 25.1 Å². The van der Waals surface area contributed by atoms with Crippen LogP contribution < -0.4 is 14.8 Å². The van der Waals surface area contributed by atoms with Crippen molar-refractivity contribution in [3.8, 4) is 11.5 Å². The number of hydrogen-bond acceptors (Lipinski definition) is 4. The minimum absolute atomic E-state index is 0.0122. The van der Waals surface area contributed by atoms with Gasteiger partial charge in [-0.25, -0.2) is 0 Å². The van der Waals surface area contributed by atoms with Crippen LogP contribution in [0.5, 0.6) is 11.5 Å². The molecule has 2 amide bonds. The summed E-state index contributed by atoms with van der Waals surface area (Å²) < 4.78 is 11.7. The van der Waals surface area contributed by atoms with Crippen LogP contribution in [-0.4, -0.2) is 35.6 Å². The minimum atomic E-state index is -0.569. The molecule has 0 aromatic heterocycles. The Labute approximate surface area is 185 Å². The first-order valence-electron chi connectivity index (χ1n) is 10.1. The van der Waals surface area contributed by atoms with Gasteiger partial charge in [-0.3, -0.25) is 9.59 Å². The summed E-state index contributed by atoms with van der Waals surface area (Å²) in [4.78, 5) is 27.4. The number of rotatable bonds is 8. The number of benzene rings is 2. The Morgan fingerprint density at radius 3 is 2.40 bits per heavy atom. The summed E-state index contributed by atoms with van der Waals surface area (Å²) in [6.45, 7) is 6.19. The summed E-state index contributed by atoms with van der Waals surface area (Å²) in [5.74, 6) is 1.21. The van der Waals surface area contributed by atoms with Crippen LogP contribution in [0.1, 0.15) is 38.3 Å². The zero-order valence-electron chi connectivity index (χ0n) is 17.5. The Morgan fingerprint density at radius 2 is 1.70 bits per heavy atom. The number of fused-ring (bicyclic) bond motifs is 1. The van der Waals surface area contributed by atoms with Gasteiger partial charge in [0.15, 0.2) is 11.5 Å². The third kappa shape index (κ3) is 5.75. The number of nitrogens with one attached hydrogen (secondary N) is 1. The fraction of sp³-hybridized carbons (Fsp3) is 0.391. The van der Waals surface area contributed by atoms with Gasteiger partial charge in [-0.1, -0.05) is 34.1 Å². The predicted octanol–water partition coefficient (Wildman–Crippen LogP) is 4.05. The highest BCUT2D eigenvalue weighted by Gasteiger charge is 2.26. The molecule has 1 N–H and O–H groups in total. The van der Waals surface area contributed by atoms with Gasteiger partial charge < -0.3 is 19.7 Å². The number of amides is 2. The van der Waals surface area contributed by atoms with Crippen LogP contribution in [0.25, 0.3) is 0 Å². The molecule has 160 valence electrons. The summed E-state index contributed by atoms with van der Waals surface area (Å²) in [7, 11) is 0. The van der Waals surface area contributed by atoms with Gasteiger partial charge in [0.2, 0.25) is 18.6 Å². The fourth-order valence-electron chi connectivity index (χ4n) is 3.27. The second kappa shape index (κ2) is 9.98. The Kier molecular flexibility index (Phi) is 7.37. The van der Waals surface area contributed by atoms with E-state index in [1.807, 2.05) is 56.3 Å². The minimum Gasteiger partial charge on any atom is -0.454 e. The highest BCUT2D eigenvalue weighted by Crippen LogP contribution is 2.32. The molecule has 0 saturated heterocycles. The SMILES string of the molecule is CC(C)NC(=O)[C@@H](C)N(Cc1ccc(Br)cc1)C(=O)CCc1ccc2c(c1)OCO2. The zero-order valence-corrected chi connectivity index (χ0v) is 19.1. The van der Waals surface area contributed by atoms with E-state index >= 15 is 0 Å². The molecule has 0 fully saturated rings. The number of halogens is 1. The van der Waals surface area contributed by atoms with Crippen LogP contribution in [0.3, 0.4) is 0 Å². The number of carbonyl (C=O) groups excluding carboxylic acids is 2. The number of carbonyl (C=O) groups is 2.